The van der Waals surface area contributed by atoms with E-state index >= 15 is 14.4 Å². The van der Waals surface area contributed by atoms with Crippen molar-refractivity contribution in [2.75, 3.05) is 5.75 Å². The van der Waals surface area contributed by atoms with Gasteiger partial charge in [0.2, 0.25) is 29.5 Å². The molecule has 4 aliphatic heterocycles. The molecule has 42 heteroatoms. The Morgan fingerprint density at radius 2 is 1.45 bits per heavy atom. The summed E-state index contributed by atoms with van der Waals surface area (Å²) in [6.07, 6.45) is -3.18. The fraction of sp³-hybridized carbons (Fsp3) is 0.431. The third-order valence-corrected chi connectivity index (χ3v) is 24.3. The fourth-order valence-electron chi connectivity index (χ4n) is 12.3. The lowest BCUT2D eigenvalue weighted by molar-refractivity contribution is -0.131. The Morgan fingerprint density at radius 3 is 2.12 bits per heavy atom. The van der Waals surface area contributed by atoms with Crippen molar-refractivity contribution in [3.05, 3.63) is 148 Å². The molecule has 0 aromatic carbocycles. The van der Waals surface area contributed by atoms with Crippen molar-refractivity contribution in [1.29, 1.82) is 0 Å². The number of thiazole rings is 4. The molecule has 606 valence electrons. The van der Waals surface area contributed by atoms with Gasteiger partial charge in [-0.15, -0.1) is 57.1 Å². The van der Waals surface area contributed by atoms with Crippen LogP contribution in [-0.2, 0) is 48.6 Å². The van der Waals surface area contributed by atoms with Crippen LogP contribution in [0.25, 0.3) is 6.08 Å². The van der Waals surface area contributed by atoms with Gasteiger partial charge in [-0.1, -0.05) is 58.2 Å². The van der Waals surface area contributed by atoms with Crippen LogP contribution in [0, 0.1) is 5.92 Å². The number of nitrogens with one attached hydrogen (secondary N) is 11. The van der Waals surface area contributed by atoms with Crippen molar-refractivity contribution < 1.29 is 87.8 Å². The standard InChI is InChI=1S/C72H85N19O18S5/c1-14-26(3)47-63(105)78-30(7)57(99)75-28(5)56(98)76-31(8)58(100)91-72-19-18-40(66-85-43(22-111-66)59(101)77-29(6)55(97)74-27(4)54(73)96)81-52(72)42-21-112-67(83-42)49(34(11)109-69(107)41-20-37(32(9)92)36-16-17-39(79-47)51(95)50(36)80-41)89-60(102)44-24-113-68(86-44)53(71(13,108)35(12)94)90-62(104)45-23-110-65(84-45)38(15-2)82-64(106)48(33(10)93)88-61(103)46-25-114-70(72)87-46/h15-17,20-22,24-26,30-35,39,45,47-49,51-53,79,92-95,108H,4-6,14,18-19,23H2,1-3,7-13H3,(H2,73,96)(H,74,97)(H,75,99)(H,76,98)(H,77,101)(H,78,105)(H,82,106)(H,88,103)(H,89,102)(H,90,104)(H,91,100)/b38-15-/t26-,30-,31-,32-,33+,34+,35-,39+,45+,47-,48-,49-,51-,52+,53+,71-,72+/m0/s1. The second kappa shape index (κ2) is 35.5. The number of nitrogens with zero attached hydrogens (tertiary/aromatic N) is 7. The largest absolute Gasteiger partial charge is 0.455 e. The Hall–Kier alpha value is -10.5. The zero-order chi connectivity index (χ0) is 83.4. The third kappa shape index (κ3) is 18.6. The second-order valence-electron chi connectivity index (χ2n) is 27.8. The van der Waals surface area contributed by atoms with Gasteiger partial charge in [0.1, 0.15) is 113 Å². The second-order valence-corrected chi connectivity index (χ2v) is 32.3. The van der Waals surface area contributed by atoms with Gasteiger partial charge in [-0.3, -0.25) is 68.0 Å². The number of aromatic nitrogens is 5. The fourth-order valence-corrected chi connectivity index (χ4v) is 17.2. The number of amides is 11. The van der Waals surface area contributed by atoms with E-state index in [0.717, 1.165) is 57.1 Å². The summed E-state index contributed by atoms with van der Waals surface area (Å²) in [6, 6.07) is -11.6. The molecule has 10 rings (SSSR count). The van der Waals surface area contributed by atoms with Crippen LogP contribution in [0.4, 0.5) is 0 Å². The number of carbonyl (C=O) groups excluding carboxylic acids is 12. The topological polar surface area (TPSA) is 563 Å². The number of carbonyl (C=O) groups is 12. The first-order chi connectivity index (χ1) is 53.7. The van der Waals surface area contributed by atoms with Gasteiger partial charge < -0.3 is 89.2 Å². The van der Waals surface area contributed by atoms with Crippen LogP contribution in [0.2, 0.25) is 0 Å². The Morgan fingerprint density at radius 1 is 0.763 bits per heavy atom. The van der Waals surface area contributed by atoms with Crippen LogP contribution in [-0.4, -0.2) is 198 Å². The van der Waals surface area contributed by atoms with Gasteiger partial charge in [-0.05, 0) is 85.8 Å². The number of aliphatic hydroxyl groups excluding tert-OH is 4. The normalized spacial score (nSPS) is 26.9. The number of fused-ring (bicyclic) bond motifs is 7. The molecule has 13 bridgehead atoms. The lowest BCUT2D eigenvalue weighted by atomic mass is 9.80. The average molecular weight is 1660 g/mol. The number of esters is 1. The molecular formula is C72H85N19O18S5. The first-order valence-corrected chi connectivity index (χ1v) is 40.1. The predicted octanol–water partition coefficient (Wildman–Crippen LogP) is 0.774. The number of primary amides is 1. The molecule has 114 heavy (non-hydrogen) atoms. The highest BCUT2D eigenvalue weighted by atomic mass is 32.2. The molecule has 5 aliphatic rings. The molecule has 5 aromatic heterocycles. The lowest BCUT2D eigenvalue weighted by Gasteiger charge is -2.41. The van der Waals surface area contributed by atoms with E-state index in [1.165, 1.54) is 88.2 Å². The lowest BCUT2D eigenvalue weighted by Crippen LogP contribution is -2.57. The number of thioether (sulfide) groups is 1. The summed E-state index contributed by atoms with van der Waals surface area (Å²) in [4.78, 5) is 204. The highest BCUT2D eigenvalue weighted by Gasteiger charge is 2.51. The number of aliphatic hydroxyl groups is 5. The molecule has 17 atom stereocenters. The van der Waals surface area contributed by atoms with Gasteiger partial charge in [0.15, 0.2) is 0 Å². The number of hydrogen-bond donors (Lipinski definition) is 17. The van der Waals surface area contributed by atoms with Crippen LogP contribution in [0.5, 0.6) is 0 Å². The Kier molecular flexibility index (Phi) is 26.7. The molecule has 0 saturated heterocycles. The summed E-state index contributed by atoms with van der Waals surface area (Å²) in [5.41, 5.74) is -1.79. The van der Waals surface area contributed by atoms with E-state index in [9.17, 15) is 68.7 Å². The van der Waals surface area contributed by atoms with Gasteiger partial charge >= 0.3 is 5.97 Å². The quantitative estimate of drug-likeness (QED) is 0.0606. The highest BCUT2D eigenvalue weighted by molar-refractivity contribution is 8.14. The number of cyclic esters (lactones) is 1. The number of pyridine rings is 1. The van der Waals surface area contributed by atoms with Gasteiger partial charge in [-0.2, -0.15) is 0 Å². The summed E-state index contributed by atoms with van der Waals surface area (Å²) in [6.45, 7) is 24.9. The number of nitrogens with two attached hydrogens (primary N) is 1. The highest BCUT2D eigenvalue weighted by Crippen LogP contribution is 2.48. The first kappa shape index (κ1) is 85.9. The van der Waals surface area contributed by atoms with E-state index in [2.05, 4.69) is 98.2 Å². The molecule has 1 aliphatic carbocycles. The van der Waals surface area contributed by atoms with Crippen LogP contribution in [0.15, 0.2) is 92.2 Å². The van der Waals surface area contributed by atoms with Crippen LogP contribution in [0.1, 0.15) is 203 Å². The van der Waals surface area contributed by atoms with E-state index in [1.54, 1.807) is 26.8 Å². The van der Waals surface area contributed by atoms with Gasteiger partial charge in [-0.25, -0.2) is 29.7 Å². The smallest absolute Gasteiger partial charge is 0.357 e. The minimum atomic E-state index is -2.21. The van der Waals surface area contributed by atoms with Crippen molar-refractivity contribution in [1.82, 2.24) is 83.4 Å². The minimum Gasteiger partial charge on any atom is -0.455 e. The average Bonchev–Trinajstić information content (AvgIpc) is 1.50. The monoisotopic (exact) mass is 1660 g/mol. The van der Waals surface area contributed by atoms with E-state index in [1.807, 2.05) is 0 Å². The molecule has 9 heterocycles. The Labute approximate surface area is 671 Å². The van der Waals surface area contributed by atoms with E-state index in [0.29, 0.717) is 6.42 Å². The predicted molar refractivity (Wildman–Crippen MR) is 418 cm³/mol. The van der Waals surface area contributed by atoms with E-state index < -0.39 is 196 Å². The first-order valence-electron chi connectivity index (χ1n) is 35.6. The van der Waals surface area contributed by atoms with Gasteiger partial charge in [0.25, 0.3) is 35.4 Å². The van der Waals surface area contributed by atoms with Crippen molar-refractivity contribution in [3.8, 4) is 0 Å². The van der Waals surface area contributed by atoms with Crippen molar-refractivity contribution in [3.63, 3.8) is 0 Å². The molecule has 5 aromatic rings. The Balaban J connectivity index is 1.18. The van der Waals surface area contributed by atoms with Crippen molar-refractivity contribution >= 4 is 145 Å². The number of hydrogen-bond acceptors (Lipinski definition) is 31. The molecule has 18 N–H and O–H groups in total. The van der Waals surface area contributed by atoms with Gasteiger partial charge in [0, 0.05) is 32.8 Å². The van der Waals surface area contributed by atoms with Crippen LogP contribution >= 0.6 is 57.1 Å². The van der Waals surface area contributed by atoms with Gasteiger partial charge in [0.05, 0.1) is 70.3 Å². The van der Waals surface area contributed by atoms with Crippen LogP contribution in [0.3, 0.4) is 0 Å². The number of allylic oxidation sites excluding steroid dienone is 1. The maximum Gasteiger partial charge on any atom is 0.357 e. The zero-order valence-electron chi connectivity index (χ0n) is 63.0. The molecule has 0 fully saturated rings. The maximum atomic E-state index is 15.4. The Bertz CT molecular complexity index is 4880. The van der Waals surface area contributed by atoms with E-state index in [4.69, 9.17) is 25.4 Å². The zero-order valence-corrected chi connectivity index (χ0v) is 67.1. The number of ether oxygens (including phenoxy) is 1. The summed E-state index contributed by atoms with van der Waals surface area (Å²) < 4.78 is 6.26. The maximum absolute atomic E-state index is 15.4. The van der Waals surface area contributed by atoms with E-state index in [-0.39, 0.29) is 94.7 Å². The summed E-state index contributed by atoms with van der Waals surface area (Å²) >= 11 is 4.42. The SMILES string of the molecule is C=C(NC(=O)C(=C)NC(=O)c1csc(C2=N[C@@H]3c4csc(n4)[C@H]4NC(=O)c5csc(n5)[C@H]([C@@](C)(O)[C@H](C)O)NC(=O)[C@H]5CSC(=N5)/C(=C/C)NC(=O)[C@H]([C@@H](C)O)NC(=O)c5csc(n5)[C@]3(CC2)NC(=O)[C@H](C)NC(=O)C(=C)NC(=O)[C@H](C)NC(=O)[C@H]([C@@H](C)CC)N[C@@H]2C=Cc3c([C@H](C)O)cc(nc3[C@H]2O)C(=O)O[C@@H]4C)n1)C(N)=O. The molecule has 11 amide bonds. The molecule has 0 spiro atoms. The molecule has 0 radical (unpaired) electrons. The molecule has 37 nitrogen and oxygen atoms in total. The number of aliphatic imine (C=N–C) groups is 2. The third-order valence-electron chi connectivity index (χ3n) is 19.5. The van der Waals surface area contributed by atoms with Crippen LogP contribution < -0.4 is 64.2 Å². The number of rotatable bonds is 12. The van der Waals surface area contributed by atoms with Crippen molar-refractivity contribution in [2.24, 2.45) is 21.6 Å². The van der Waals surface area contributed by atoms with Crippen molar-refractivity contribution in [2.45, 2.75) is 185 Å². The summed E-state index contributed by atoms with van der Waals surface area (Å²) in [5, 5.41) is 92.2. The molecule has 0 saturated carbocycles. The molecule has 0 unspecified atom stereocenters. The minimum absolute atomic E-state index is 0.0158. The summed E-state index contributed by atoms with van der Waals surface area (Å²) in [5.74, 6) is -12.2. The molecular weight excluding hydrogens is 1580 g/mol. The summed E-state index contributed by atoms with van der Waals surface area (Å²) in [7, 11) is 0.